The van der Waals surface area contributed by atoms with Crippen molar-refractivity contribution in [3.8, 4) is 0 Å². The molecule has 1 aromatic heterocycles. The molecule has 0 aliphatic heterocycles. The summed E-state index contributed by atoms with van der Waals surface area (Å²) < 4.78 is 0. The summed E-state index contributed by atoms with van der Waals surface area (Å²) in [5.41, 5.74) is 0. The smallest absolute Gasteiger partial charge is 0.202 e. The van der Waals surface area contributed by atoms with Crippen LogP contribution < -0.4 is 0 Å². The lowest BCUT2D eigenvalue weighted by Crippen LogP contribution is -2.35. The van der Waals surface area contributed by atoms with E-state index in [2.05, 4.69) is 15.2 Å². The van der Waals surface area contributed by atoms with E-state index in [-0.39, 0.29) is 0 Å². The molecule has 0 saturated heterocycles. The molecule has 0 spiro atoms. The lowest BCUT2D eigenvalue weighted by molar-refractivity contribution is 0.484. The molecule has 0 amide bonds. The SMILES string of the molecule is CN(C)C(=Nc1ccc(Cl)nn1)N(C)C. The Labute approximate surface area is 94.4 Å². The van der Waals surface area contributed by atoms with Crippen molar-refractivity contribution in [2.75, 3.05) is 28.2 Å². The molecule has 15 heavy (non-hydrogen) atoms. The highest BCUT2D eigenvalue weighted by molar-refractivity contribution is 6.29. The summed E-state index contributed by atoms with van der Waals surface area (Å²) in [6.07, 6.45) is 0. The van der Waals surface area contributed by atoms with Gasteiger partial charge in [0, 0.05) is 28.2 Å². The van der Waals surface area contributed by atoms with Crippen LogP contribution in [0.5, 0.6) is 0 Å². The summed E-state index contributed by atoms with van der Waals surface area (Å²) in [6, 6.07) is 3.39. The summed E-state index contributed by atoms with van der Waals surface area (Å²) in [5, 5.41) is 7.95. The molecule has 1 rings (SSSR count). The zero-order chi connectivity index (χ0) is 11.4. The highest BCUT2D eigenvalue weighted by atomic mass is 35.5. The maximum absolute atomic E-state index is 5.63. The van der Waals surface area contributed by atoms with Gasteiger partial charge in [0.2, 0.25) is 5.96 Å². The van der Waals surface area contributed by atoms with Crippen molar-refractivity contribution in [1.82, 2.24) is 20.0 Å². The Bertz CT molecular complexity index is 334. The summed E-state index contributed by atoms with van der Waals surface area (Å²) in [6.45, 7) is 0. The number of halogens is 1. The van der Waals surface area contributed by atoms with Crippen molar-refractivity contribution in [2.24, 2.45) is 4.99 Å². The lowest BCUT2D eigenvalue weighted by Gasteiger charge is -2.22. The third kappa shape index (κ3) is 3.36. The molecular formula is C9H14ClN5. The number of rotatable bonds is 1. The average molecular weight is 228 g/mol. The molecule has 0 aliphatic rings. The summed E-state index contributed by atoms with van der Waals surface area (Å²) in [4.78, 5) is 8.13. The van der Waals surface area contributed by atoms with Gasteiger partial charge in [0.05, 0.1) is 0 Å². The molecule has 0 aliphatic carbocycles. The number of hydrogen-bond acceptors (Lipinski definition) is 3. The molecule has 5 nitrogen and oxygen atoms in total. The van der Waals surface area contributed by atoms with Crippen molar-refractivity contribution < 1.29 is 0 Å². The number of hydrogen-bond donors (Lipinski definition) is 0. The largest absolute Gasteiger partial charge is 0.349 e. The molecule has 0 bridgehead atoms. The maximum Gasteiger partial charge on any atom is 0.202 e. The van der Waals surface area contributed by atoms with E-state index in [1.807, 2.05) is 38.0 Å². The molecule has 1 aromatic rings. The van der Waals surface area contributed by atoms with Crippen molar-refractivity contribution in [3.05, 3.63) is 17.3 Å². The van der Waals surface area contributed by atoms with Gasteiger partial charge in [-0.1, -0.05) is 11.6 Å². The van der Waals surface area contributed by atoms with Gasteiger partial charge in [-0.3, -0.25) is 0 Å². The molecule has 0 aromatic carbocycles. The minimum atomic E-state index is 0.366. The Morgan fingerprint density at radius 1 is 1.13 bits per heavy atom. The van der Waals surface area contributed by atoms with E-state index in [0.717, 1.165) is 5.96 Å². The second-order valence-electron chi connectivity index (χ2n) is 3.41. The van der Waals surface area contributed by atoms with Gasteiger partial charge in [0.15, 0.2) is 11.0 Å². The van der Waals surface area contributed by atoms with Crippen molar-refractivity contribution in [3.63, 3.8) is 0 Å². The number of nitrogens with zero attached hydrogens (tertiary/aromatic N) is 5. The molecule has 6 heteroatoms. The van der Waals surface area contributed by atoms with E-state index < -0.39 is 0 Å². The molecule has 0 fully saturated rings. The van der Waals surface area contributed by atoms with Crippen molar-refractivity contribution in [1.29, 1.82) is 0 Å². The van der Waals surface area contributed by atoms with E-state index in [9.17, 15) is 0 Å². The van der Waals surface area contributed by atoms with Crippen LogP contribution in [0.1, 0.15) is 0 Å². The summed E-state index contributed by atoms with van der Waals surface area (Å²) >= 11 is 5.63. The Kier molecular flexibility index (Phi) is 3.85. The minimum absolute atomic E-state index is 0.366. The molecule has 0 saturated carbocycles. The monoisotopic (exact) mass is 227 g/mol. The van der Waals surface area contributed by atoms with Crippen LogP contribution in [0.3, 0.4) is 0 Å². The molecular weight excluding hydrogens is 214 g/mol. The summed E-state index contributed by atoms with van der Waals surface area (Å²) in [5.74, 6) is 1.34. The normalized spacial score (nSPS) is 9.67. The van der Waals surface area contributed by atoms with Gasteiger partial charge in [-0.2, -0.15) is 4.99 Å². The third-order valence-corrected chi connectivity index (χ3v) is 1.83. The van der Waals surface area contributed by atoms with E-state index in [1.165, 1.54) is 0 Å². The Morgan fingerprint density at radius 2 is 1.73 bits per heavy atom. The molecule has 0 unspecified atom stereocenters. The fraction of sp³-hybridized carbons (Fsp3) is 0.444. The lowest BCUT2D eigenvalue weighted by atomic mass is 10.5. The van der Waals surface area contributed by atoms with Gasteiger partial charge in [-0.25, -0.2) is 0 Å². The van der Waals surface area contributed by atoms with Crippen LogP contribution in [0, 0.1) is 0 Å². The Hall–Kier alpha value is -1.36. The third-order valence-electron chi connectivity index (χ3n) is 1.63. The fourth-order valence-corrected chi connectivity index (χ4v) is 1.17. The molecule has 1 heterocycles. The van der Waals surface area contributed by atoms with E-state index in [4.69, 9.17) is 11.6 Å². The predicted molar refractivity (Wildman–Crippen MR) is 61.5 cm³/mol. The second-order valence-corrected chi connectivity index (χ2v) is 3.80. The fourth-order valence-electron chi connectivity index (χ4n) is 1.07. The Morgan fingerprint density at radius 3 is 2.13 bits per heavy atom. The standard InChI is InChI=1S/C9H14ClN5/c1-14(2)9(15(3)4)11-8-6-5-7(10)12-13-8/h5-6H,1-4H3. The van der Waals surface area contributed by atoms with Gasteiger partial charge >= 0.3 is 0 Å². The Balaban J connectivity index is 2.97. The topological polar surface area (TPSA) is 44.6 Å². The molecule has 0 atom stereocenters. The minimum Gasteiger partial charge on any atom is -0.349 e. The van der Waals surface area contributed by atoms with Gasteiger partial charge in [-0.15, -0.1) is 10.2 Å². The van der Waals surface area contributed by atoms with E-state index in [0.29, 0.717) is 11.0 Å². The van der Waals surface area contributed by atoms with Crippen LogP contribution in [0.15, 0.2) is 17.1 Å². The molecule has 0 radical (unpaired) electrons. The number of aromatic nitrogens is 2. The number of guanidine groups is 1. The number of aliphatic imine (C=N–C) groups is 1. The highest BCUT2D eigenvalue weighted by Gasteiger charge is 2.05. The maximum atomic E-state index is 5.63. The van der Waals surface area contributed by atoms with Crippen molar-refractivity contribution >= 4 is 23.4 Å². The summed E-state index contributed by atoms with van der Waals surface area (Å²) in [7, 11) is 7.68. The van der Waals surface area contributed by atoms with Crippen LogP contribution in [-0.4, -0.2) is 54.1 Å². The molecule has 82 valence electrons. The van der Waals surface area contributed by atoms with Gasteiger partial charge < -0.3 is 9.80 Å². The quantitative estimate of drug-likeness (QED) is 0.535. The van der Waals surface area contributed by atoms with Crippen LogP contribution >= 0.6 is 11.6 Å². The zero-order valence-corrected chi connectivity index (χ0v) is 10.0. The van der Waals surface area contributed by atoms with Gasteiger partial charge in [-0.05, 0) is 12.1 Å². The molecule has 0 N–H and O–H groups in total. The van der Waals surface area contributed by atoms with Crippen LogP contribution in [0.4, 0.5) is 5.82 Å². The van der Waals surface area contributed by atoms with E-state index in [1.54, 1.807) is 12.1 Å². The average Bonchev–Trinajstić information content (AvgIpc) is 2.15. The first-order chi connectivity index (χ1) is 7.00. The predicted octanol–water partition coefficient (Wildman–Crippen LogP) is 1.24. The first-order valence-electron chi connectivity index (χ1n) is 4.43. The zero-order valence-electron chi connectivity index (χ0n) is 9.27. The first kappa shape index (κ1) is 11.7. The van der Waals surface area contributed by atoms with Crippen LogP contribution in [-0.2, 0) is 0 Å². The first-order valence-corrected chi connectivity index (χ1v) is 4.81. The van der Waals surface area contributed by atoms with Crippen LogP contribution in [0.25, 0.3) is 0 Å². The van der Waals surface area contributed by atoms with Gasteiger partial charge in [0.1, 0.15) is 0 Å². The van der Waals surface area contributed by atoms with Crippen LogP contribution in [0.2, 0.25) is 5.15 Å². The van der Waals surface area contributed by atoms with Gasteiger partial charge in [0.25, 0.3) is 0 Å². The highest BCUT2D eigenvalue weighted by Crippen LogP contribution is 2.10. The van der Waals surface area contributed by atoms with E-state index >= 15 is 0 Å². The van der Waals surface area contributed by atoms with Crippen molar-refractivity contribution in [2.45, 2.75) is 0 Å². The second kappa shape index (κ2) is 4.93.